The van der Waals surface area contributed by atoms with E-state index in [4.69, 9.17) is 0 Å². The minimum atomic E-state index is -4.63. The number of hydrogen-bond donors (Lipinski definition) is 1. The number of Topliss-reactive ketones (excluding diaryl/α,β-unsaturated/α-hetero) is 1. The smallest absolute Gasteiger partial charge is 0.321 e. The molecule has 134 valence electrons. The van der Waals surface area contributed by atoms with E-state index >= 15 is 0 Å². The van der Waals surface area contributed by atoms with Crippen molar-refractivity contribution in [3.63, 3.8) is 0 Å². The molecule has 3 rings (SSSR count). The van der Waals surface area contributed by atoms with Gasteiger partial charge < -0.3 is 5.32 Å². The van der Waals surface area contributed by atoms with Gasteiger partial charge in [0.2, 0.25) is 0 Å². The van der Waals surface area contributed by atoms with Crippen LogP contribution < -0.4 is 5.32 Å². The van der Waals surface area contributed by atoms with Crippen molar-refractivity contribution < 1.29 is 22.8 Å². The summed E-state index contributed by atoms with van der Waals surface area (Å²) in [6.07, 6.45) is -4.63. The number of anilines is 1. The van der Waals surface area contributed by atoms with Crippen LogP contribution in [0.1, 0.15) is 39.2 Å². The molecule has 0 spiro atoms. The number of halogens is 3. The second-order valence-electron chi connectivity index (χ2n) is 5.67. The minimum absolute atomic E-state index is 0.0746. The average Bonchev–Trinajstić information content (AvgIpc) is 2.97. The Hall–Kier alpha value is -3.23. The Morgan fingerprint density at radius 3 is 2.35 bits per heavy atom. The van der Waals surface area contributed by atoms with E-state index < -0.39 is 17.8 Å². The first-order chi connectivity index (χ1) is 12.1. The number of aromatic nitrogens is 3. The number of ketones is 1. The van der Waals surface area contributed by atoms with Crippen LogP contribution in [-0.2, 0) is 6.18 Å². The Kier molecular flexibility index (Phi) is 4.23. The van der Waals surface area contributed by atoms with Crippen LogP contribution in [0.25, 0.3) is 5.65 Å². The third kappa shape index (κ3) is 3.41. The number of carbonyl (C=O) groups is 2. The van der Waals surface area contributed by atoms with Crippen molar-refractivity contribution in [1.29, 1.82) is 0 Å². The number of carbonyl (C=O) groups excluding carboxylic acids is 2. The fourth-order valence-corrected chi connectivity index (χ4v) is 2.40. The average molecular weight is 362 g/mol. The number of aryl methyl sites for hydroxylation is 1. The zero-order valence-electron chi connectivity index (χ0n) is 13.8. The second kappa shape index (κ2) is 6.25. The van der Waals surface area contributed by atoms with Gasteiger partial charge in [0.15, 0.2) is 17.1 Å². The molecule has 0 saturated heterocycles. The first-order valence-electron chi connectivity index (χ1n) is 7.52. The molecule has 0 saturated carbocycles. The first kappa shape index (κ1) is 17.6. The van der Waals surface area contributed by atoms with Gasteiger partial charge in [0.25, 0.3) is 5.91 Å². The highest BCUT2D eigenvalue weighted by atomic mass is 19.4. The van der Waals surface area contributed by atoms with Gasteiger partial charge >= 0.3 is 6.18 Å². The minimum Gasteiger partial charge on any atom is -0.321 e. The first-order valence-corrected chi connectivity index (χ1v) is 7.52. The lowest BCUT2D eigenvalue weighted by Crippen LogP contribution is -2.15. The van der Waals surface area contributed by atoms with Crippen molar-refractivity contribution in [3.8, 4) is 0 Å². The molecule has 0 aliphatic heterocycles. The van der Waals surface area contributed by atoms with E-state index in [9.17, 15) is 22.8 Å². The van der Waals surface area contributed by atoms with Gasteiger partial charge in [0.1, 0.15) is 5.69 Å². The van der Waals surface area contributed by atoms with Crippen molar-refractivity contribution >= 4 is 23.0 Å². The van der Waals surface area contributed by atoms with Gasteiger partial charge in [-0.15, -0.1) is 0 Å². The molecule has 0 fully saturated rings. The molecule has 2 heterocycles. The highest BCUT2D eigenvalue weighted by Crippen LogP contribution is 2.29. The summed E-state index contributed by atoms with van der Waals surface area (Å²) in [6, 6.07) is 8.16. The molecule has 1 amide bonds. The maximum atomic E-state index is 13.1. The van der Waals surface area contributed by atoms with Crippen LogP contribution in [0.4, 0.5) is 18.9 Å². The molecule has 3 aromatic rings. The molecule has 0 radical (unpaired) electrons. The Morgan fingerprint density at radius 1 is 1.12 bits per heavy atom. The molecule has 0 bridgehead atoms. The van der Waals surface area contributed by atoms with E-state index in [1.165, 1.54) is 44.2 Å². The van der Waals surface area contributed by atoms with Crippen molar-refractivity contribution in [1.82, 2.24) is 14.6 Å². The normalized spacial score (nSPS) is 11.6. The summed E-state index contributed by atoms with van der Waals surface area (Å²) in [7, 11) is 0. The molecule has 1 aromatic carbocycles. The van der Waals surface area contributed by atoms with Crippen molar-refractivity contribution in [2.45, 2.75) is 20.0 Å². The van der Waals surface area contributed by atoms with E-state index in [0.717, 1.165) is 6.07 Å². The molecule has 0 aliphatic rings. The molecule has 0 unspecified atom stereocenters. The van der Waals surface area contributed by atoms with Crippen LogP contribution in [0, 0.1) is 6.92 Å². The maximum absolute atomic E-state index is 13.1. The van der Waals surface area contributed by atoms with Crippen molar-refractivity contribution in [2.24, 2.45) is 0 Å². The van der Waals surface area contributed by atoms with Crippen LogP contribution in [0.2, 0.25) is 0 Å². The van der Waals surface area contributed by atoms with E-state index in [-0.39, 0.29) is 22.8 Å². The summed E-state index contributed by atoms with van der Waals surface area (Å²) < 4.78 is 40.0. The third-order valence-electron chi connectivity index (χ3n) is 3.63. The third-order valence-corrected chi connectivity index (χ3v) is 3.63. The fourth-order valence-electron chi connectivity index (χ4n) is 2.40. The molecule has 26 heavy (non-hydrogen) atoms. The molecular weight excluding hydrogens is 349 g/mol. The van der Waals surface area contributed by atoms with Crippen LogP contribution in [-0.4, -0.2) is 26.3 Å². The Labute approximate surface area is 145 Å². The number of rotatable bonds is 3. The molecule has 1 N–H and O–H groups in total. The number of hydrogen-bond acceptors (Lipinski definition) is 4. The topological polar surface area (TPSA) is 76.4 Å². The predicted octanol–water partition coefficient (Wildman–Crippen LogP) is 3.51. The van der Waals surface area contributed by atoms with Gasteiger partial charge in [-0.1, -0.05) is 0 Å². The maximum Gasteiger partial charge on any atom is 0.433 e. The summed E-state index contributed by atoms with van der Waals surface area (Å²) in [6.45, 7) is 2.84. The van der Waals surface area contributed by atoms with E-state index in [1.54, 1.807) is 0 Å². The number of amides is 1. The molecular formula is C17H13F3N4O2. The van der Waals surface area contributed by atoms with Gasteiger partial charge in [-0.2, -0.15) is 18.3 Å². The van der Waals surface area contributed by atoms with E-state index in [1.807, 2.05) is 0 Å². The van der Waals surface area contributed by atoms with Gasteiger partial charge in [-0.3, -0.25) is 9.59 Å². The Bertz CT molecular complexity index is 1010. The second-order valence-corrected chi connectivity index (χ2v) is 5.67. The Morgan fingerprint density at radius 2 is 1.77 bits per heavy atom. The predicted molar refractivity (Wildman–Crippen MR) is 87.1 cm³/mol. The highest BCUT2D eigenvalue weighted by Gasteiger charge is 2.35. The summed E-state index contributed by atoms with van der Waals surface area (Å²) in [5.74, 6) is -0.804. The fraction of sp³-hybridized carbons (Fsp3) is 0.176. The summed E-state index contributed by atoms with van der Waals surface area (Å²) in [4.78, 5) is 27.5. The largest absolute Gasteiger partial charge is 0.433 e. The quantitative estimate of drug-likeness (QED) is 0.724. The monoisotopic (exact) mass is 362 g/mol. The number of alkyl halides is 3. The van der Waals surface area contributed by atoms with Crippen molar-refractivity contribution in [2.75, 3.05) is 5.32 Å². The zero-order chi connectivity index (χ0) is 19.1. The van der Waals surface area contributed by atoms with Crippen LogP contribution in [0.15, 0.2) is 36.4 Å². The zero-order valence-corrected chi connectivity index (χ0v) is 13.8. The summed E-state index contributed by atoms with van der Waals surface area (Å²) >= 11 is 0. The lowest BCUT2D eigenvalue weighted by molar-refractivity contribution is -0.142. The lowest BCUT2D eigenvalue weighted by Gasteiger charge is -2.09. The lowest BCUT2D eigenvalue weighted by atomic mass is 10.1. The Balaban J connectivity index is 1.92. The van der Waals surface area contributed by atoms with Crippen LogP contribution >= 0.6 is 0 Å². The van der Waals surface area contributed by atoms with Crippen LogP contribution in [0.5, 0.6) is 0 Å². The van der Waals surface area contributed by atoms with E-state index in [2.05, 4.69) is 15.4 Å². The van der Waals surface area contributed by atoms with Gasteiger partial charge in [-0.25, -0.2) is 9.50 Å². The standard InChI is InChI=1S/C17H13F3N4O2/c1-9-7-14(17(18,19)20)24-15(21-9)8-13(23-24)16(26)22-12-5-3-11(4-6-12)10(2)25/h3-8H,1-2H3,(H,22,26). The van der Waals surface area contributed by atoms with Gasteiger partial charge in [-0.05, 0) is 44.2 Å². The molecule has 9 heteroatoms. The van der Waals surface area contributed by atoms with Gasteiger partial charge in [0.05, 0.1) is 0 Å². The molecule has 0 atom stereocenters. The SMILES string of the molecule is CC(=O)c1ccc(NC(=O)c2cc3nc(C)cc(C(F)(F)F)n3n2)cc1. The number of fused-ring (bicyclic) bond motifs is 1. The highest BCUT2D eigenvalue weighted by molar-refractivity contribution is 6.03. The number of nitrogens with one attached hydrogen (secondary N) is 1. The number of nitrogens with zero attached hydrogens (tertiary/aromatic N) is 3. The van der Waals surface area contributed by atoms with Crippen molar-refractivity contribution in [3.05, 3.63) is 59.0 Å². The number of benzene rings is 1. The van der Waals surface area contributed by atoms with Crippen LogP contribution in [0.3, 0.4) is 0 Å². The summed E-state index contributed by atoms with van der Waals surface area (Å²) in [5, 5.41) is 6.25. The molecule has 2 aromatic heterocycles. The molecule has 0 aliphatic carbocycles. The summed E-state index contributed by atoms with van der Waals surface area (Å²) in [5.41, 5.74) is -0.262. The van der Waals surface area contributed by atoms with Gasteiger partial charge in [0, 0.05) is 23.0 Å². The molecule has 6 nitrogen and oxygen atoms in total. The van der Waals surface area contributed by atoms with E-state index in [0.29, 0.717) is 15.8 Å².